The molecule has 0 spiro atoms. The largest absolute Gasteiger partial charge is 0.452 e. The highest BCUT2D eigenvalue weighted by molar-refractivity contribution is 6.14. The Hall–Kier alpha value is -4.33. The van der Waals surface area contributed by atoms with Crippen LogP contribution >= 0.6 is 0 Å². The molecular weight excluding hydrogens is 393 g/mol. The van der Waals surface area contributed by atoms with Crippen LogP contribution < -0.4 is 9.47 Å². The highest BCUT2D eigenvalue weighted by atomic mass is 19.1. The number of nitro benzene ring substituents is 1. The van der Waals surface area contributed by atoms with Gasteiger partial charge in [-0.3, -0.25) is 14.9 Å². The van der Waals surface area contributed by atoms with Gasteiger partial charge >= 0.3 is 5.97 Å². The average Bonchev–Trinajstić information content (AvgIpc) is 3.03. The number of nitrogens with zero attached hydrogens (tertiary/aromatic N) is 1. The number of esters is 1. The molecule has 1 aliphatic heterocycles. The maximum atomic E-state index is 13.3. The predicted molar refractivity (Wildman–Crippen MR) is 104 cm³/mol. The van der Waals surface area contributed by atoms with Crippen LogP contribution in [0.25, 0.3) is 6.08 Å². The Morgan fingerprint density at radius 2 is 1.87 bits per heavy atom. The SMILES string of the molecule is O=C(Oc1ccc2c(c1)O/C(=C\c1cccc(F)c1)C2=O)c1cccc([N+](=O)[O-])c1. The van der Waals surface area contributed by atoms with Gasteiger partial charge in [0.25, 0.3) is 5.69 Å². The molecule has 8 heteroatoms. The summed E-state index contributed by atoms with van der Waals surface area (Å²) >= 11 is 0. The zero-order valence-corrected chi connectivity index (χ0v) is 15.2. The molecule has 0 saturated carbocycles. The van der Waals surface area contributed by atoms with Gasteiger partial charge in [-0.15, -0.1) is 0 Å². The number of carbonyl (C=O) groups is 2. The highest BCUT2D eigenvalue weighted by Gasteiger charge is 2.28. The van der Waals surface area contributed by atoms with Gasteiger partial charge in [-0.2, -0.15) is 0 Å². The number of hydrogen-bond acceptors (Lipinski definition) is 6. The van der Waals surface area contributed by atoms with Gasteiger partial charge in [0.05, 0.1) is 16.1 Å². The molecule has 0 N–H and O–H groups in total. The lowest BCUT2D eigenvalue weighted by Gasteiger charge is -2.05. The number of hydrogen-bond donors (Lipinski definition) is 0. The van der Waals surface area contributed by atoms with Crippen LogP contribution in [-0.4, -0.2) is 16.7 Å². The minimum atomic E-state index is -0.793. The number of ketones is 1. The fraction of sp³-hybridized carbons (Fsp3) is 0. The molecule has 0 fully saturated rings. The van der Waals surface area contributed by atoms with Crippen LogP contribution in [0.4, 0.5) is 10.1 Å². The van der Waals surface area contributed by atoms with E-state index < -0.39 is 16.7 Å². The molecule has 1 aliphatic rings. The maximum Gasteiger partial charge on any atom is 0.343 e. The molecule has 148 valence electrons. The second kappa shape index (κ2) is 7.59. The van der Waals surface area contributed by atoms with Crippen LogP contribution in [0.5, 0.6) is 11.5 Å². The Kier molecular flexibility index (Phi) is 4.81. The summed E-state index contributed by atoms with van der Waals surface area (Å²) in [5.74, 6) is -1.32. The van der Waals surface area contributed by atoms with E-state index in [2.05, 4.69) is 0 Å². The number of nitro groups is 1. The van der Waals surface area contributed by atoms with Crippen molar-refractivity contribution >= 4 is 23.5 Å². The lowest BCUT2D eigenvalue weighted by Crippen LogP contribution is -2.08. The second-order valence-electron chi connectivity index (χ2n) is 6.35. The van der Waals surface area contributed by atoms with Gasteiger partial charge in [-0.25, -0.2) is 9.18 Å². The number of benzene rings is 3. The fourth-order valence-electron chi connectivity index (χ4n) is 2.89. The van der Waals surface area contributed by atoms with E-state index >= 15 is 0 Å². The van der Waals surface area contributed by atoms with E-state index in [1.165, 1.54) is 60.7 Å². The molecule has 3 aromatic rings. The van der Waals surface area contributed by atoms with Crippen molar-refractivity contribution in [2.75, 3.05) is 0 Å². The highest BCUT2D eigenvalue weighted by Crippen LogP contribution is 2.35. The Balaban J connectivity index is 1.55. The first kappa shape index (κ1) is 19.0. The maximum absolute atomic E-state index is 13.3. The van der Waals surface area contributed by atoms with Crippen LogP contribution in [-0.2, 0) is 0 Å². The summed E-state index contributed by atoms with van der Waals surface area (Å²) in [6.07, 6.45) is 1.42. The molecule has 1 heterocycles. The van der Waals surface area contributed by atoms with Crippen LogP contribution in [0.1, 0.15) is 26.3 Å². The van der Waals surface area contributed by atoms with Gasteiger partial charge < -0.3 is 9.47 Å². The molecule has 30 heavy (non-hydrogen) atoms. The lowest BCUT2D eigenvalue weighted by molar-refractivity contribution is -0.384. The third-order valence-corrected chi connectivity index (χ3v) is 4.29. The first-order valence-corrected chi connectivity index (χ1v) is 8.71. The summed E-state index contributed by atoms with van der Waals surface area (Å²) in [5, 5.41) is 10.9. The van der Waals surface area contributed by atoms with E-state index in [0.717, 1.165) is 6.07 Å². The van der Waals surface area contributed by atoms with Gasteiger partial charge in [-0.1, -0.05) is 18.2 Å². The molecule has 0 saturated heterocycles. The van der Waals surface area contributed by atoms with E-state index in [-0.39, 0.29) is 39.9 Å². The van der Waals surface area contributed by atoms with Gasteiger partial charge in [0, 0.05) is 18.2 Å². The molecule has 0 amide bonds. The molecular formula is C22H12FNO6. The second-order valence-corrected chi connectivity index (χ2v) is 6.35. The van der Waals surface area contributed by atoms with Gasteiger partial charge in [0.1, 0.15) is 17.3 Å². The van der Waals surface area contributed by atoms with E-state index in [1.807, 2.05) is 0 Å². The Morgan fingerprint density at radius 1 is 1.07 bits per heavy atom. The minimum absolute atomic E-state index is 0.00776. The number of Topliss-reactive ketones (excluding diaryl/α,β-unsaturated/α-hetero) is 1. The van der Waals surface area contributed by atoms with Gasteiger partial charge in [0.15, 0.2) is 5.76 Å². The Bertz CT molecular complexity index is 1230. The summed E-state index contributed by atoms with van der Waals surface area (Å²) in [5.41, 5.74) is 0.504. The number of rotatable bonds is 4. The van der Waals surface area contributed by atoms with Crippen molar-refractivity contribution in [3.8, 4) is 11.5 Å². The molecule has 3 aromatic carbocycles. The number of carbonyl (C=O) groups excluding carboxylic acids is 2. The van der Waals surface area contributed by atoms with E-state index in [1.54, 1.807) is 6.07 Å². The monoisotopic (exact) mass is 405 g/mol. The number of allylic oxidation sites excluding steroid dienone is 1. The van der Waals surface area contributed by atoms with Crippen LogP contribution in [0, 0.1) is 15.9 Å². The number of halogens is 1. The topological polar surface area (TPSA) is 95.7 Å². The van der Waals surface area contributed by atoms with Crippen molar-refractivity contribution in [2.24, 2.45) is 0 Å². The van der Waals surface area contributed by atoms with Crippen molar-refractivity contribution in [1.29, 1.82) is 0 Å². The summed E-state index contributed by atoms with van der Waals surface area (Å²) in [4.78, 5) is 35.0. The van der Waals surface area contributed by atoms with Crippen molar-refractivity contribution in [1.82, 2.24) is 0 Å². The van der Waals surface area contributed by atoms with Crippen molar-refractivity contribution in [3.63, 3.8) is 0 Å². The zero-order valence-electron chi connectivity index (χ0n) is 15.2. The minimum Gasteiger partial charge on any atom is -0.452 e. The van der Waals surface area contributed by atoms with E-state index in [9.17, 15) is 24.1 Å². The zero-order chi connectivity index (χ0) is 21.3. The Morgan fingerprint density at radius 3 is 2.63 bits per heavy atom. The summed E-state index contributed by atoms with van der Waals surface area (Å²) in [6, 6.07) is 15.1. The van der Waals surface area contributed by atoms with Crippen molar-refractivity contribution in [2.45, 2.75) is 0 Å². The molecule has 0 unspecified atom stereocenters. The molecule has 0 aromatic heterocycles. The number of ether oxygens (including phenoxy) is 2. The summed E-state index contributed by atoms with van der Waals surface area (Å²) in [6.45, 7) is 0. The molecule has 4 rings (SSSR count). The molecule has 0 radical (unpaired) electrons. The van der Waals surface area contributed by atoms with Crippen molar-refractivity contribution in [3.05, 3.63) is 105 Å². The standard InChI is InChI=1S/C22H12FNO6/c23-15-5-1-3-13(9-15)10-20-21(25)18-8-7-17(12-19(18)30-20)29-22(26)14-4-2-6-16(11-14)24(27)28/h1-12H/b20-10-. The predicted octanol–water partition coefficient (Wildman–Crippen LogP) is 4.57. The Labute approximate surface area is 169 Å². The van der Waals surface area contributed by atoms with Crippen LogP contribution in [0.15, 0.2) is 72.5 Å². The van der Waals surface area contributed by atoms with Gasteiger partial charge in [0.2, 0.25) is 5.78 Å². The smallest absolute Gasteiger partial charge is 0.343 e. The van der Waals surface area contributed by atoms with Crippen molar-refractivity contribution < 1.29 is 28.4 Å². The molecule has 0 aliphatic carbocycles. The van der Waals surface area contributed by atoms with Crippen LogP contribution in [0.3, 0.4) is 0 Å². The average molecular weight is 405 g/mol. The third kappa shape index (κ3) is 3.79. The first-order valence-electron chi connectivity index (χ1n) is 8.71. The molecule has 7 nitrogen and oxygen atoms in total. The van der Waals surface area contributed by atoms with E-state index in [4.69, 9.17) is 9.47 Å². The summed E-state index contributed by atoms with van der Waals surface area (Å²) in [7, 11) is 0. The third-order valence-electron chi connectivity index (χ3n) is 4.29. The summed E-state index contributed by atoms with van der Waals surface area (Å²) < 4.78 is 24.1. The van der Waals surface area contributed by atoms with E-state index in [0.29, 0.717) is 5.56 Å². The quantitative estimate of drug-likeness (QED) is 0.207. The normalized spacial score (nSPS) is 13.6. The number of non-ortho nitro benzene ring substituents is 1. The van der Waals surface area contributed by atoms with Gasteiger partial charge in [-0.05, 0) is 42.0 Å². The molecule has 0 atom stereocenters. The van der Waals surface area contributed by atoms with Crippen LogP contribution in [0.2, 0.25) is 0 Å². The number of fused-ring (bicyclic) bond motifs is 1. The molecule has 0 bridgehead atoms. The fourth-order valence-corrected chi connectivity index (χ4v) is 2.89. The lowest BCUT2D eigenvalue weighted by atomic mass is 10.1. The first-order chi connectivity index (χ1) is 14.4.